The Kier molecular flexibility index (Phi) is 3.94. The van der Waals surface area contributed by atoms with E-state index in [0.717, 1.165) is 10.6 Å². The highest BCUT2D eigenvalue weighted by Crippen LogP contribution is 2.11. The lowest BCUT2D eigenvalue weighted by atomic mass is 10.1. The van der Waals surface area contributed by atoms with Crippen LogP contribution in [0.2, 0.25) is 0 Å². The normalized spacial score (nSPS) is 10.4. The number of H-pyrrole nitrogens is 1. The second-order valence-electron chi connectivity index (χ2n) is 4.14. The van der Waals surface area contributed by atoms with Crippen LogP contribution in [0.3, 0.4) is 0 Å². The Balaban J connectivity index is 2.44. The Labute approximate surface area is 116 Å². The van der Waals surface area contributed by atoms with Crippen LogP contribution in [0.25, 0.3) is 0 Å². The molecule has 2 rings (SSSR count). The van der Waals surface area contributed by atoms with E-state index in [1.165, 1.54) is 12.1 Å². The topological polar surface area (TPSA) is 110 Å². The van der Waals surface area contributed by atoms with Gasteiger partial charge in [0.15, 0.2) is 0 Å². The summed E-state index contributed by atoms with van der Waals surface area (Å²) in [7, 11) is 0. The minimum Gasteiger partial charge on any atom is -0.293 e. The number of rotatable bonds is 3. The maximum atomic E-state index is 13.7. The van der Waals surface area contributed by atoms with Gasteiger partial charge in [0, 0.05) is 11.1 Å². The van der Waals surface area contributed by atoms with Crippen molar-refractivity contribution in [3.63, 3.8) is 0 Å². The van der Waals surface area contributed by atoms with E-state index < -0.39 is 28.8 Å². The van der Waals surface area contributed by atoms with E-state index in [1.54, 1.807) is 4.98 Å². The van der Waals surface area contributed by atoms with E-state index in [1.807, 2.05) is 5.43 Å². The number of aromatic nitrogens is 2. The van der Waals surface area contributed by atoms with E-state index in [0.29, 0.717) is 6.20 Å². The quantitative estimate of drug-likeness (QED) is 0.401. The molecule has 1 amide bonds. The predicted octanol–water partition coefficient (Wildman–Crippen LogP) is -0.533. The van der Waals surface area contributed by atoms with Gasteiger partial charge < -0.3 is 0 Å². The molecule has 0 saturated heterocycles. The third kappa shape index (κ3) is 3.03. The van der Waals surface area contributed by atoms with Gasteiger partial charge in [-0.15, -0.1) is 0 Å². The number of aromatic amines is 1. The number of halogens is 2. The van der Waals surface area contributed by atoms with Gasteiger partial charge in [0.2, 0.25) is 5.82 Å². The average Bonchev–Trinajstić information content (AvgIpc) is 2.46. The lowest BCUT2D eigenvalue weighted by Gasteiger charge is -2.08. The minimum atomic E-state index is -1.18. The highest BCUT2D eigenvalue weighted by molar-refractivity contribution is 5.93. The zero-order valence-electron chi connectivity index (χ0n) is 10.5. The fourth-order valence-electron chi connectivity index (χ4n) is 1.70. The van der Waals surface area contributed by atoms with Crippen LogP contribution in [-0.4, -0.2) is 15.5 Å². The van der Waals surface area contributed by atoms with Gasteiger partial charge in [-0.3, -0.25) is 24.6 Å². The van der Waals surface area contributed by atoms with Gasteiger partial charge in [-0.25, -0.2) is 15.0 Å². The lowest BCUT2D eigenvalue weighted by molar-refractivity contribution is 0.0953. The Morgan fingerprint density at radius 3 is 2.67 bits per heavy atom. The first-order valence-electron chi connectivity index (χ1n) is 5.71. The number of amides is 1. The predicted molar refractivity (Wildman–Crippen MR) is 68.4 cm³/mol. The molecule has 7 nitrogen and oxygen atoms in total. The molecule has 0 radical (unpaired) electrons. The van der Waals surface area contributed by atoms with E-state index in [-0.39, 0.29) is 17.7 Å². The average molecular weight is 296 g/mol. The summed E-state index contributed by atoms with van der Waals surface area (Å²) >= 11 is 0. The van der Waals surface area contributed by atoms with E-state index in [9.17, 15) is 23.2 Å². The zero-order chi connectivity index (χ0) is 15.6. The van der Waals surface area contributed by atoms with Crippen LogP contribution >= 0.6 is 0 Å². The minimum absolute atomic E-state index is 0.0374. The molecule has 4 N–H and O–H groups in total. The fraction of sp³-hybridized carbons (Fsp3) is 0.0833. The molecule has 0 fully saturated rings. The lowest BCUT2D eigenvalue weighted by Crippen LogP contribution is -2.32. The number of hydrogen-bond donors (Lipinski definition) is 3. The van der Waals surface area contributed by atoms with Crippen molar-refractivity contribution in [1.82, 2.24) is 15.0 Å². The maximum absolute atomic E-state index is 13.7. The molecule has 0 spiro atoms. The molecule has 0 unspecified atom stereocenters. The van der Waals surface area contributed by atoms with Crippen LogP contribution in [0.4, 0.5) is 8.78 Å². The van der Waals surface area contributed by atoms with Crippen LogP contribution in [-0.2, 0) is 6.54 Å². The summed E-state index contributed by atoms with van der Waals surface area (Å²) < 4.78 is 27.6. The number of hydrogen-bond acceptors (Lipinski definition) is 4. The van der Waals surface area contributed by atoms with Crippen LogP contribution in [0.1, 0.15) is 15.9 Å². The number of nitrogen functional groups attached to an aromatic ring is 1. The molecule has 9 heteroatoms. The molecule has 21 heavy (non-hydrogen) atoms. The summed E-state index contributed by atoms with van der Waals surface area (Å²) in [6.45, 7) is -0.357. The van der Waals surface area contributed by atoms with Crippen LogP contribution in [0, 0.1) is 11.6 Å². The molecule has 1 aromatic heterocycles. The molecule has 0 saturated carbocycles. The Bertz CT molecular complexity index is 813. The van der Waals surface area contributed by atoms with Gasteiger partial charge in [-0.05, 0) is 18.2 Å². The van der Waals surface area contributed by atoms with Crippen molar-refractivity contribution in [3.05, 3.63) is 68.0 Å². The molecule has 2 aromatic rings. The van der Waals surface area contributed by atoms with Crippen LogP contribution in [0.5, 0.6) is 0 Å². The van der Waals surface area contributed by atoms with Crippen molar-refractivity contribution in [2.75, 3.05) is 0 Å². The highest BCUT2D eigenvalue weighted by atomic mass is 19.1. The van der Waals surface area contributed by atoms with Crippen molar-refractivity contribution in [1.29, 1.82) is 0 Å². The molecule has 110 valence electrons. The summed E-state index contributed by atoms with van der Waals surface area (Å²) in [5.74, 6) is 2.46. The maximum Gasteiger partial charge on any atom is 0.328 e. The van der Waals surface area contributed by atoms with Gasteiger partial charge >= 0.3 is 5.69 Å². The van der Waals surface area contributed by atoms with Gasteiger partial charge in [0.25, 0.3) is 11.5 Å². The van der Waals surface area contributed by atoms with Crippen molar-refractivity contribution in [3.8, 4) is 0 Å². The first-order chi connectivity index (χ1) is 9.92. The van der Waals surface area contributed by atoms with Crippen LogP contribution < -0.4 is 22.5 Å². The van der Waals surface area contributed by atoms with E-state index in [2.05, 4.69) is 0 Å². The summed E-state index contributed by atoms with van der Waals surface area (Å²) in [4.78, 5) is 35.5. The number of carbonyl (C=O) groups is 1. The molecule has 1 heterocycles. The molecular weight excluding hydrogens is 286 g/mol. The number of nitrogens with zero attached hydrogens (tertiary/aromatic N) is 1. The molecule has 0 aliphatic rings. The molecule has 0 atom stereocenters. The third-order valence-corrected chi connectivity index (χ3v) is 2.75. The summed E-state index contributed by atoms with van der Waals surface area (Å²) in [5.41, 5.74) is -0.133. The van der Waals surface area contributed by atoms with Gasteiger partial charge in [0.1, 0.15) is 5.82 Å². The van der Waals surface area contributed by atoms with Crippen LogP contribution in [0.15, 0.2) is 34.0 Å². The van der Waals surface area contributed by atoms with Crippen molar-refractivity contribution < 1.29 is 13.6 Å². The molecular formula is C12H10F2N4O3. The van der Waals surface area contributed by atoms with E-state index in [4.69, 9.17) is 5.84 Å². The van der Waals surface area contributed by atoms with E-state index >= 15 is 0 Å². The highest BCUT2D eigenvalue weighted by Gasteiger charge is 2.11. The molecule has 1 aromatic carbocycles. The molecule has 0 aliphatic carbocycles. The SMILES string of the molecule is NNC(=O)c1ccc(F)c(Cn2cc(F)c(=O)[nH]c2=O)c1. The monoisotopic (exact) mass is 296 g/mol. The Hall–Kier alpha value is -2.81. The van der Waals surface area contributed by atoms with Crippen molar-refractivity contribution >= 4 is 5.91 Å². The Morgan fingerprint density at radius 1 is 1.29 bits per heavy atom. The molecule has 0 bridgehead atoms. The van der Waals surface area contributed by atoms with Gasteiger partial charge in [0.05, 0.1) is 12.7 Å². The molecule has 0 aliphatic heterocycles. The second-order valence-corrected chi connectivity index (χ2v) is 4.14. The number of nitrogens with two attached hydrogens (primary N) is 1. The number of carbonyl (C=O) groups excluding carboxylic acids is 1. The van der Waals surface area contributed by atoms with Crippen molar-refractivity contribution in [2.24, 2.45) is 5.84 Å². The first-order valence-corrected chi connectivity index (χ1v) is 5.71. The summed E-state index contributed by atoms with van der Waals surface area (Å²) in [6.07, 6.45) is 0.663. The summed E-state index contributed by atoms with van der Waals surface area (Å²) in [5, 5.41) is 0. The zero-order valence-corrected chi connectivity index (χ0v) is 10.5. The fourth-order valence-corrected chi connectivity index (χ4v) is 1.70. The second kappa shape index (κ2) is 5.67. The first kappa shape index (κ1) is 14.6. The van der Waals surface area contributed by atoms with Crippen molar-refractivity contribution in [2.45, 2.75) is 6.54 Å². The summed E-state index contributed by atoms with van der Waals surface area (Å²) in [6, 6.07) is 3.40. The largest absolute Gasteiger partial charge is 0.328 e. The Morgan fingerprint density at radius 2 is 2.00 bits per heavy atom. The number of hydrazine groups is 1. The standard InChI is InChI=1S/C12H10F2N4O3/c13-8-2-1-6(10(19)17-15)3-7(8)4-18-5-9(14)11(20)16-12(18)21/h1-3,5H,4,15H2,(H,17,19)(H,16,20,21). The van der Waals surface area contributed by atoms with Gasteiger partial charge in [-0.2, -0.15) is 4.39 Å². The third-order valence-electron chi connectivity index (χ3n) is 2.75. The smallest absolute Gasteiger partial charge is 0.293 e. The number of nitrogens with one attached hydrogen (secondary N) is 2. The van der Waals surface area contributed by atoms with Gasteiger partial charge in [-0.1, -0.05) is 0 Å². The number of benzene rings is 1.